The Bertz CT molecular complexity index is 983. The molecule has 0 aliphatic carbocycles. The predicted octanol–water partition coefficient (Wildman–Crippen LogP) is 1.30. The van der Waals surface area contributed by atoms with Crippen LogP contribution in [0.3, 0.4) is 0 Å². The van der Waals surface area contributed by atoms with Crippen molar-refractivity contribution in [1.29, 1.82) is 0 Å². The molecule has 4 rings (SSSR count). The van der Waals surface area contributed by atoms with Gasteiger partial charge >= 0.3 is 5.69 Å². The number of halogens is 2. The van der Waals surface area contributed by atoms with Crippen LogP contribution in [0.15, 0.2) is 41.5 Å². The first-order valence-electron chi connectivity index (χ1n) is 7.50. The van der Waals surface area contributed by atoms with E-state index in [2.05, 4.69) is 4.98 Å². The van der Waals surface area contributed by atoms with Crippen LogP contribution in [0.4, 0.5) is 8.78 Å². The molecule has 2 aromatic heterocycles. The van der Waals surface area contributed by atoms with Gasteiger partial charge in [0.1, 0.15) is 5.82 Å². The SMILES string of the molecule is O=c1n([C@@H]2CO[C@H](CO)O2)cc(F)c2nc(-c3ccc(F)cc3)cn12. The van der Waals surface area contributed by atoms with Crippen LogP contribution in [0.2, 0.25) is 0 Å². The molecule has 1 aliphatic rings. The maximum Gasteiger partial charge on any atom is 0.336 e. The molecule has 1 aliphatic heterocycles. The first-order valence-corrected chi connectivity index (χ1v) is 7.50. The van der Waals surface area contributed by atoms with Crippen LogP contribution in [0.5, 0.6) is 0 Å². The fourth-order valence-electron chi connectivity index (χ4n) is 2.71. The average molecular weight is 349 g/mol. The number of rotatable bonds is 3. The molecule has 1 aromatic carbocycles. The summed E-state index contributed by atoms with van der Waals surface area (Å²) in [5.41, 5.74) is 0.185. The molecule has 25 heavy (non-hydrogen) atoms. The minimum Gasteiger partial charge on any atom is -0.391 e. The van der Waals surface area contributed by atoms with Gasteiger partial charge in [0.15, 0.2) is 24.0 Å². The third kappa shape index (κ3) is 2.72. The summed E-state index contributed by atoms with van der Waals surface area (Å²) in [5.74, 6) is -1.12. The highest BCUT2D eigenvalue weighted by Crippen LogP contribution is 2.22. The van der Waals surface area contributed by atoms with Crippen molar-refractivity contribution in [3.63, 3.8) is 0 Å². The van der Waals surface area contributed by atoms with Gasteiger partial charge in [-0.05, 0) is 24.3 Å². The third-order valence-corrected chi connectivity index (χ3v) is 3.93. The van der Waals surface area contributed by atoms with Gasteiger partial charge < -0.3 is 14.6 Å². The molecule has 3 aromatic rings. The minimum absolute atomic E-state index is 0.00952. The fraction of sp³-hybridized carbons (Fsp3) is 0.250. The van der Waals surface area contributed by atoms with Crippen molar-refractivity contribution in [3.8, 4) is 11.3 Å². The van der Waals surface area contributed by atoms with E-state index >= 15 is 0 Å². The molecule has 0 bridgehead atoms. The van der Waals surface area contributed by atoms with Gasteiger partial charge in [-0.15, -0.1) is 0 Å². The maximum absolute atomic E-state index is 14.4. The zero-order chi connectivity index (χ0) is 17.6. The molecule has 0 spiro atoms. The molecule has 130 valence electrons. The fourth-order valence-corrected chi connectivity index (χ4v) is 2.71. The lowest BCUT2D eigenvalue weighted by Gasteiger charge is -2.13. The zero-order valence-electron chi connectivity index (χ0n) is 12.8. The average Bonchev–Trinajstić information content (AvgIpc) is 3.26. The Morgan fingerprint density at radius 1 is 1.24 bits per heavy atom. The summed E-state index contributed by atoms with van der Waals surface area (Å²) in [6.45, 7) is -0.356. The molecule has 1 N–H and O–H groups in total. The molecule has 7 nitrogen and oxygen atoms in total. The molecule has 1 fully saturated rings. The number of ether oxygens (including phenoxy) is 2. The number of nitrogens with zero attached hydrogens (tertiary/aromatic N) is 3. The Labute approximate surface area is 139 Å². The number of aliphatic hydroxyl groups is 1. The maximum atomic E-state index is 14.4. The van der Waals surface area contributed by atoms with E-state index in [0.717, 1.165) is 15.2 Å². The van der Waals surface area contributed by atoms with Crippen LogP contribution < -0.4 is 5.69 Å². The van der Waals surface area contributed by atoms with E-state index in [4.69, 9.17) is 14.6 Å². The number of imidazole rings is 1. The van der Waals surface area contributed by atoms with E-state index in [0.29, 0.717) is 11.3 Å². The second-order valence-electron chi connectivity index (χ2n) is 5.53. The van der Waals surface area contributed by atoms with Gasteiger partial charge in [0.2, 0.25) is 0 Å². The van der Waals surface area contributed by atoms with E-state index in [1.807, 2.05) is 0 Å². The number of fused-ring (bicyclic) bond motifs is 1. The Kier molecular flexibility index (Phi) is 3.83. The molecule has 0 saturated carbocycles. The Hall–Kier alpha value is -2.62. The summed E-state index contributed by atoms with van der Waals surface area (Å²) in [7, 11) is 0. The molecule has 2 atom stereocenters. The zero-order valence-corrected chi connectivity index (χ0v) is 12.8. The summed E-state index contributed by atoms with van der Waals surface area (Å²) in [4.78, 5) is 16.7. The lowest BCUT2D eigenvalue weighted by atomic mass is 10.2. The number of aromatic nitrogens is 3. The monoisotopic (exact) mass is 349 g/mol. The number of hydrogen-bond acceptors (Lipinski definition) is 5. The van der Waals surface area contributed by atoms with E-state index in [1.54, 1.807) is 0 Å². The Morgan fingerprint density at radius 2 is 2.00 bits per heavy atom. The van der Waals surface area contributed by atoms with E-state index in [9.17, 15) is 13.6 Å². The van der Waals surface area contributed by atoms with Crippen LogP contribution in [-0.4, -0.2) is 38.6 Å². The van der Waals surface area contributed by atoms with Crippen molar-refractivity contribution in [2.24, 2.45) is 0 Å². The highest BCUT2D eigenvalue weighted by molar-refractivity contribution is 5.62. The summed E-state index contributed by atoms with van der Waals surface area (Å²) < 4.78 is 40.0. The van der Waals surface area contributed by atoms with E-state index < -0.39 is 29.8 Å². The van der Waals surface area contributed by atoms with Crippen LogP contribution in [0.25, 0.3) is 16.9 Å². The van der Waals surface area contributed by atoms with Gasteiger partial charge in [-0.2, -0.15) is 0 Å². The summed E-state index contributed by atoms with van der Waals surface area (Å²) in [6.07, 6.45) is 0.671. The molecule has 1 saturated heterocycles. The third-order valence-electron chi connectivity index (χ3n) is 3.93. The predicted molar refractivity (Wildman–Crippen MR) is 81.8 cm³/mol. The van der Waals surface area contributed by atoms with Gasteiger partial charge in [0.05, 0.1) is 25.1 Å². The van der Waals surface area contributed by atoms with Gasteiger partial charge in [-0.25, -0.2) is 23.0 Å². The molecule has 9 heteroatoms. The molecular formula is C16H13F2N3O4. The van der Waals surface area contributed by atoms with Crippen molar-refractivity contribution in [2.45, 2.75) is 12.5 Å². The van der Waals surface area contributed by atoms with Crippen LogP contribution in [0, 0.1) is 11.6 Å². The van der Waals surface area contributed by atoms with E-state index in [1.165, 1.54) is 30.5 Å². The number of benzene rings is 1. The lowest BCUT2D eigenvalue weighted by Crippen LogP contribution is -2.31. The highest BCUT2D eigenvalue weighted by atomic mass is 19.1. The van der Waals surface area contributed by atoms with Gasteiger partial charge in [-0.1, -0.05) is 0 Å². The van der Waals surface area contributed by atoms with Gasteiger partial charge in [0, 0.05) is 11.8 Å². The van der Waals surface area contributed by atoms with Crippen LogP contribution in [-0.2, 0) is 9.47 Å². The summed E-state index contributed by atoms with van der Waals surface area (Å²) in [6, 6.07) is 5.50. The Balaban J connectivity index is 1.80. The minimum atomic E-state index is -0.853. The van der Waals surface area contributed by atoms with Crippen molar-refractivity contribution in [3.05, 3.63) is 58.8 Å². The Morgan fingerprint density at radius 3 is 2.68 bits per heavy atom. The normalized spacial score (nSPS) is 20.4. The van der Waals surface area contributed by atoms with Crippen molar-refractivity contribution < 1.29 is 23.4 Å². The first-order chi connectivity index (χ1) is 12.1. The smallest absolute Gasteiger partial charge is 0.336 e. The van der Waals surface area contributed by atoms with Crippen molar-refractivity contribution in [1.82, 2.24) is 14.0 Å². The largest absolute Gasteiger partial charge is 0.391 e. The number of hydrogen-bond donors (Lipinski definition) is 1. The highest BCUT2D eigenvalue weighted by Gasteiger charge is 2.28. The standard InChI is InChI=1S/C16H13F2N3O4/c17-10-3-1-9(2-4-10)12-6-21-15(19-12)11(18)5-20(16(21)23)13-8-24-14(7-22)25-13/h1-6,13-14,22H,7-8H2/t13-,14-/m0/s1. The molecule has 0 amide bonds. The number of aliphatic hydroxyl groups excluding tert-OH is 1. The van der Waals surface area contributed by atoms with Crippen LogP contribution >= 0.6 is 0 Å². The van der Waals surface area contributed by atoms with Crippen molar-refractivity contribution >= 4 is 5.65 Å². The van der Waals surface area contributed by atoms with E-state index in [-0.39, 0.29) is 18.9 Å². The molecule has 0 unspecified atom stereocenters. The summed E-state index contributed by atoms with van der Waals surface area (Å²) >= 11 is 0. The molecular weight excluding hydrogens is 336 g/mol. The first kappa shape index (κ1) is 15.9. The molecule has 0 radical (unpaired) electrons. The van der Waals surface area contributed by atoms with Crippen molar-refractivity contribution in [2.75, 3.05) is 13.2 Å². The summed E-state index contributed by atoms with van der Waals surface area (Å²) in [5, 5.41) is 9.02. The molecule has 3 heterocycles. The lowest BCUT2D eigenvalue weighted by molar-refractivity contribution is -0.0994. The van der Waals surface area contributed by atoms with Gasteiger partial charge in [-0.3, -0.25) is 4.57 Å². The van der Waals surface area contributed by atoms with Crippen LogP contribution in [0.1, 0.15) is 6.23 Å². The topological polar surface area (TPSA) is 78.0 Å². The van der Waals surface area contributed by atoms with Gasteiger partial charge in [0.25, 0.3) is 0 Å². The second kappa shape index (κ2) is 6.03. The quantitative estimate of drug-likeness (QED) is 0.771. The second-order valence-corrected chi connectivity index (χ2v) is 5.53.